The van der Waals surface area contributed by atoms with Crippen molar-refractivity contribution in [3.63, 3.8) is 0 Å². The highest BCUT2D eigenvalue weighted by Gasteiger charge is 2.37. The number of methoxy groups -OCH3 is 1. The van der Waals surface area contributed by atoms with E-state index in [1.54, 1.807) is 7.11 Å². The minimum Gasteiger partial charge on any atom is -0.493 e. The molecule has 0 fully saturated rings. The van der Waals surface area contributed by atoms with Crippen LogP contribution in [0.5, 0.6) is 11.5 Å². The lowest BCUT2D eigenvalue weighted by atomic mass is 9.83. The van der Waals surface area contributed by atoms with Gasteiger partial charge in [0.15, 0.2) is 19.8 Å². The summed E-state index contributed by atoms with van der Waals surface area (Å²) in [6.45, 7) is 23.1. The van der Waals surface area contributed by atoms with E-state index < -0.39 is 15.4 Å². The first-order valence-electron chi connectivity index (χ1n) is 13.7. The van der Waals surface area contributed by atoms with Crippen molar-refractivity contribution < 1.29 is 23.2 Å². The predicted molar refractivity (Wildman–Crippen MR) is 161 cm³/mol. The summed E-state index contributed by atoms with van der Waals surface area (Å²) in [4.78, 5) is 4.60. The van der Waals surface area contributed by atoms with Gasteiger partial charge in [-0.1, -0.05) is 33.8 Å². The number of hydrogen-bond acceptors (Lipinski definition) is 6. The van der Waals surface area contributed by atoms with Crippen LogP contribution in [0.3, 0.4) is 0 Å². The minimum absolute atomic E-state index is 0.0942. The molecule has 210 valence electrons. The Bertz CT molecular complexity index is 1060. The summed E-state index contributed by atoms with van der Waals surface area (Å²) in [5.74, 6) is 3.47. The Hall–Kier alpha value is -2.13. The second-order valence-electron chi connectivity index (χ2n) is 11.6. The molecule has 0 aliphatic carbocycles. The average Bonchev–Trinajstić information content (AvgIpc) is 2.86. The van der Waals surface area contributed by atoms with Gasteiger partial charge in [0.25, 0.3) is 0 Å². The molecule has 6 nitrogen and oxygen atoms in total. The zero-order valence-electron chi connectivity index (χ0n) is 25.4. The molecule has 0 unspecified atom stereocenters. The molecule has 8 heteroatoms. The molecule has 0 N–H and O–H groups in total. The van der Waals surface area contributed by atoms with Crippen LogP contribution in [0.15, 0.2) is 42.6 Å². The van der Waals surface area contributed by atoms with E-state index >= 15 is 0 Å². The smallest absolute Gasteiger partial charge is 0.486 e. The first-order chi connectivity index (χ1) is 17.8. The van der Waals surface area contributed by atoms with Gasteiger partial charge in [-0.05, 0) is 93.1 Å². The first-order valence-corrected chi connectivity index (χ1v) is 16.6. The van der Waals surface area contributed by atoms with Crippen LogP contribution in [0.1, 0.15) is 67.4 Å². The molecule has 0 bridgehead atoms. The van der Waals surface area contributed by atoms with Gasteiger partial charge in [-0.2, -0.15) is 0 Å². The van der Waals surface area contributed by atoms with Crippen molar-refractivity contribution in [1.29, 1.82) is 0 Å². The van der Waals surface area contributed by atoms with Crippen molar-refractivity contribution in [2.24, 2.45) is 0 Å². The highest BCUT2D eigenvalue weighted by Crippen LogP contribution is 2.38. The molecule has 0 saturated carbocycles. The first kappa shape index (κ1) is 32.1. The van der Waals surface area contributed by atoms with Crippen molar-refractivity contribution in [3.05, 3.63) is 48.2 Å². The Morgan fingerprint density at radius 2 is 1.66 bits per heavy atom. The van der Waals surface area contributed by atoms with Gasteiger partial charge in [-0.3, -0.25) is 4.98 Å². The van der Waals surface area contributed by atoms with E-state index in [9.17, 15) is 0 Å². The van der Waals surface area contributed by atoms with Gasteiger partial charge < -0.3 is 23.2 Å². The summed E-state index contributed by atoms with van der Waals surface area (Å²) in [7, 11) is -0.851. The maximum absolute atomic E-state index is 6.67. The van der Waals surface area contributed by atoms with Crippen LogP contribution in [0.4, 0.5) is 0 Å². The summed E-state index contributed by atoms with van der Waals surface area (Å²) >= 11 is 0. The van der Waals surface area contributed by atoms with Crippen LogP contribution in [0, 0.1) is 0 Å². The van der Waals surface area contributed by atoms with Crippen molar-refractivity contribution >= 4 is 21.0 Å². The molecule has 0 amide bonds. The van der Waals surface area contributed by atoms with E-state index in [1.807, 2.05) is 44.4 Å². The Morgan fingerprint density at radius 3 is 2.24 bits per heavy atom. The molecule has 0 aliphatic heterocycles. The van der Waals surface area contributed by atoms with E-state index in [4.69, 9.17) is 23.2 Å². The van der Waals surface area contributed by atoms with Crippen LogP contribution in [-0.4, -0.2) is 53.0 Å². The monoisotopic (exact) mass is 541 g/mol. The van der Waals surface area contributed by atoms with Crippen LogP contribution in [-0.2, 0) is 13.7 Å². The number of nitrogens with zero attached hydrogens (tertiary/aromatic N) is 1. The highest BCUT2D eigenvalue weighted by molar-refractivity contribution is 6.74. The third kappa shape index (κ3) is 8.97. The van der Waals surface area contributed by atoms with Gasteiger partial charge in [-0.25, -0.2) is 0 Å². The molecule has 1 aromatic heterocycles. The lowest BCUT2D eigenvalue weighted by molar-refractivity contribution is 0.0699. The topological polar surface area (TPSA) is 59.0 Å². The molecule has 0 saturated heterocycles. The van der Waals surface area contributed by atoms with E-state index in [0.717, 1.165) is 28.7 Å². The SMILES string of the molecule is CCOB(/C=C(\CO[Si](C)(C)C(C)(C)C)c1cncc(-c2ccc(OC)c(OCC)c2)c1)OC(C)(C)CC. The maximum Gasteiger partial charge on any atom is 0.486 e. The fourth-order valence-electron chi connectivity index (χ4n) is 3.44. The van der Waals surface area contributed by atoms with E-state index in [0.29, 0.717) is 31.3 Å². The fraction of sp³-hybridized carbons (Fsp3) is 0.567. The predicted octanol–water partition coefficient (Wildman–Crippen LogP) is 7.83. The second kappa shape index (κ2) is 13.8. The molecular formula is C30H48BNO5Si. The molecule has 0 spiro atoms. The molecule has 0 radical (unpaired) electrons. The van der Waals surface area contributed by atoms with Gasteiger partial charge in [0.05, 0.1) is 20.3 Å². The Labute approximate surface area is 232 Å². The Morgan fingerprint density at radius 1 is 0.947 bits per heavy atom. The lowest BCUT2D eigenvalue weighted by Crippen LogP contribution is -2.41. The number of rotatable bonds is 14. The number of ether oxygens (including phenoxy) is 2. The van der Waals surface area contributed by atoms with Crippen LogP contribution < -0.4 is 9.47 Å². The molecule has 38 heavy (non-hydrogen) atoms. The quantitative estimate of drug-likeness (QED) is 0.227. The van der Waals surface area contributed by atoms with Gasteiger partial charge in [0.2, 0.25) is 0 Å². The lowest BCUT2D eigenvalue weighted by Gasteiger charge is -2.36. The molecule has 0 aliphatic rings. The molecular weight excluding hydrogens is 493 g/mol. The zero-order chi connectivity index (χ0) is 28.6. The molecule has 2 aromatic rings. The highest BCUT2D eigenvalue weighted by atomic mass is 28.4. The summed E-state index contributed by atoms with van der Waals surface area (Å²) < 4.78 is 30.3. The van der Waals surface area contributed by atoms with Crippen molar-refractivity contribution in [3.8, 4) is 22.6 Å². The number of benzene rings is 1. The van der Waals surface area contributed by atoms with Crippen LogP contribution >= 0.6 is 0 Å². The van der Waals surface area contributed by atoms with Gasteiger partial charge in [-0.15, -0.1) is 0 Å². The number of pyridine rings is 1. The van der Waals surface area contributed by atoms with E-state index in [-0.39, 0.29) is 10.6 Å². The number of hydrogen-bond donors (Lipinski definition) is 0. The normalized spacial score (nSPS) is 13.0. The average molecular weight is 542 g/mol. The van der Waals surface area contributed by atoms with Crippen molar-refractivity contribution in [1.82, 2.24) is 4.98 Å². The summed E-state index contributed by atoms with van der Waals surface area (Å²) in [6.07, 6.45) is 4.62. The third-order valence-electron chi connectivity index (χ3n) is 7.26. The molecule has 1 heterocycles. The summed E-state index contributed by atoms with van der Waals surface area (Å²) in [5, 5.41) is 0.0942. The maximum atomic E-state index is 6.67. The second-order valence-corrected chi connectivity index (χ2v) is 16.4. The third-order valence-corrected chi connectivity index (χ3v) is 11.7. The van der Waals surface area contributed by atoms with Crippen molar-refractivity contribution in [2.45, 2.75) is 85.5 Å². The number of aromatic nitrogens is 1. The van der Waals surface area contributed by atoms with E-state index in [2.05, 4.69) is 71.7 Å². The summed E-state index contributed by atoms with van der Waals surface area (Å²) in [6, 6.07) is 8.08. The Balaban J connectivity index is 2.55. The fourth-order valence-corrected chi connectivity index (χ4v) is 4.39. The summed E-state index contributed by atoms with van der Waals surface area (Å²) in [5.41, 5.74) is 3.62. The molecule has 2 rings (SSSR count). The standard InChI is InChI=1S/C30H48BNO5Si/c1-12-30(7,8)37-31(35-14-3)19-26(22-36-38(10,11)29(4,5)6)25-17-24(20-32-21-25)23-15-16-27(33-9)28(18-23)34-13-2/h15-21H,12-14,22H2,1-11H3/b26-19+. The van der Waals surface area contributed by atoms with Crippen LogP contribution in [0.25, 0.3) is 16.7 Å². The molecule has 0 atom stereocenters. The Kier molecular flexibility index (Phi) is 11.6. The zero-order valence-corrected chi connectivity index (χ0v) is 26.4. The van der Waals surface area contributed by atoms with E-state index in [1.165, 1.54) is 0 Å². The largest absolute Gasteiger partial charge is 0.493 e. The van der Waals surface area contributed by atoms with Gasteiger partial charge in [0.1, 0.15) is 0 Å². The minimum atomic E-state index is -2.00. The van der Waals surface area contributed by atoms with Crippen LogP contribution in [0.2, 0.25) is 18.1 Å². The van der Waals surface area contributed by atoms with Crippen molar-refractivity contribution in [2.75, 3.05) is 26.9 Å². The molecule has 1 aromatic carbocycles. The van der Waals surface area contributed by atoms with Gasteiger partial charge >= 0.3 is 7.12 Å². The van der Waals surface area contributed by atoms with Gasteiger partial charge in [0, 0.05) is 30.2 Å².